The minimum Gasteiger partial charge on any atom is -0.405 e. The maximum atomic E-state index is 12.6. The third-order valence-corrected chi connectivity index (χ3v) is 4.37. The van der Waals surface area contributed by atoms with E-state index in [9.17, 15) is 18.0 Å². The van der Waals surface area contributed by atoms with E-state index < -0.39 is 6.36 Å². The normalized spacial score (nSPS) is 14.0. The van der Waals surface area contributed by atoms with E-state index in [1.807, 2.05) is 0 Å². The number of quaternary nitrogens is 1. The average Bonchev–Trinajstić information content (AvgIpc) is 2.66. The van der Waals surface area contributed by atoms with Crippen LogP contribution in [0.5, 0.6) is 5.75 Å². The topological polar surface area (TPSA) is 55.8 Å². The number of alkyl halides is 3. The zero-order valence-electron chi connectivity index (χ0n) is 15.0. The van der Waals surface area contributed by atoms with Crippen molar-refractivity contribution in [3.8, 4) is 17.0 Å². The van der Waals surface area contributed by atoms with Crippen LogP contribution in [0.3, 0.4) is 0 Å². The quantitative estimate of drug-likeness (QED) is 0.738. The SMILES string of the molecule is C=C1C=C[C+](C[NH2+]C(=O)c2cccc(-c3ccccc3OC(F)(F)F)n2)C(Cl)=C1. The highest BCUT2D eigenvalue weighted by Gasteiger charge is 2.32. The Labute approximate surface area is 170 Å². The van der Waals surface area contributed by atoms with Crippen LogP contribution in [0.1, 0.15) is 10.5 Å². The number of pyridine rings is 1. The highest BCUT2D eigenvalue weighted by atomic mass is 35.5. The molecular weight excluding hydrogens is 405 g/mol. The number of aromatic nitrogens is 1. The molecule has 0 unspecified atom stereocenters. The fourth-order valence-corrected chi connectivity index (χ4v) is 2.96. The Morgan fingerprint density at radius 2 is 1.97 bits per heavy atom. The van der Waals surface area contributed by atoms with Crippen LogP contribution in [-0.4, -0.2) is 23.8 Å². The molecule has 1 aliphatic rings. The number of carbonyl (C=O) groups is 1. The molecule has 3 rings (SSSR count). The molecule has 0 radical (unpaired) electrons. The summed E-state index contributed by atoms with van der Waals surface area (Å²) in [6, 6.07) is 10.2. The Balaban J connectivity index is 1.77. The summed E-state index contributed by atoms with van der Waals surface area (Å²) in [5.41, 5.74) is 1.20. The molecule has 1 aliphatic carbocycles. The molecule has 1 amide bonds. The predicted octanol–water partition coefficient (Wildman–Crippen LogP) is 4.17. The molecule has 1 aromatic heterocycles. The maximum Gasteiger partial charge on any atom is 0.573 e. The second-order valence-corrected chi connectivity index (χ2v) is 6.56. The van der Waals surface area contributed by atoms with Crippen LogP contribution >= 0.6 is 11.6 Å². The van der Waals surface area contributed by atoms with Crippen molar-refractivity contribution in [2.75, 3.05) is 6.54 Å². The van der Waals surface area contributed by atoms with E-state index in [4.69, 9.17) is 11.6 Å². The monoisotopic (exact) mass is 420 g/mol. The number of benzene rings is 1. The summed E-state index contributed by atoms with van der Waals surface area (Å²) in [4.78, 5) is 16.7. The molecular formula is C21H16ClF3N2O2+2. The summed E-state index contributed by atoms with van der Waals surface area (Å²) in [5, 5.41) is 1.93. The minimum absolute atomic E-state index is 0.106. The molecule has 0 saturated heterocycles. The second-order valence-electron chi connectivity index (χ2n) is 6.15. The minimum atomic E-state index is -4.83. The zero-order chi connectivity index (χ0) is 21.0. The van der Waals surface area contributed by atoms with E-state index in [1.54, 1.807) is 30.4 Å². The number of carbonyl (C=O) groups excluding carboxylic acids is 1. The molecule has 2 aromatic rings. The summed E-state index contributed by atoms with van der Waals surface area (Å²) < 4.78 is 42.0. The Morgan fingerprint density at radius 1 is 1.21 bits per heavy atom. The van der Waals surface area contributed by atoms with Crippen LogP contribution < -0.4 is 10.1 Å². The van der Waals surface area contributed by atoms with Gasteiger partial charge in [0.1, 0.15) is 11.7 Å². The third kappa shape index (κ3) is 5.49. The summed E-state index contributed by atoms with van der Waals surface area (Å²) in [5.74, 6) is 0.00413. The lowest BCUT2D eigenvalue weighted by atomic mass is 10.0. The van der Waals surface area contributed by atoms with Gasteiger partial charge in [-0.25, -0.2) is 9.78 Å². The smallest absolute Gasteiger partial charge is 0.405 e. The van der Waals surface area contributed by atoms with Gasteiger partial charge in [0.2, 0.25) is 0 Å². The lowest BCUT2D eigenvalue weighted by Crippen LogP contribution is -2.89. The number of nitrogens with zero attached hydrogens (tertiary/aromatic N) is 1. The van der Waals surface area contributed by atoms with Gasteiger partial charge < -0.3 is 4.74 Å². The van der Waals surface area contributed by atoms with E-state index in [2.05, 4.69) is 16.3 Å². The standard InChI is InChI=1S/C21H14ClF3N2O2/c1-13-9-10-14(16(22)11-13)12-26-20(28)18-7-4-6-17(27-18)15-5-2-3-8-19(15)29-21(23,24)25/h2-11H,1,12H2/p+2. The Hall–Kier alpha value is -3.03. The van der Waals surface area contributed by atoms with Crippen LogP contribution in [0.4, 0.5) is 13.2 Å². The molecule has 1 heterocycles. The molecule has 0 atom stereocenters. The third-order valence-electron chi connectivity index (χ3n) is 4.02. The van der Waals surface area contributed by atoms with Gasteiger partial charge in [0.25, 0.3) is 0 Å². The molecule has 148 valence electrons. The summed E-state index contributed by atoms with van der Waals surface area (Å²) >= 11 is 6.14. The van der Waals surface area contributed by atoms with Gasteiger partial charge in [-0.1, -0.05) is 36.4 Å². The lowest BCUT2D eigenvalue weighted by Gasteiger charge is -2.13. The number of halogens is 4. The van der Waals surface area contributed by atoms with Crippen molar-refractivity contribution in [2.45, 2.75) is 6.36 Å². The van der Waals surface area contributed by atoms with Gasteiger partial charge in [-0.05, 0) is 24.3 Å². The summed E-state index contributed by atoms with van der Waals surface area (Å²) in [6.07, 6.45) is 0.435. The number of primary amides is 1. The van der Waals surface area contributed by atoms with Gasteiger partial charge in [-0.3, -0.25) is 5.32 Å². The van der Waals surface area contributed by atoms with Gasteiger partial charge in [0.15, 0.2) is 17.3 Å². The van der Waals surface area contributed by atoms with Gasteiger partial charge >= 0.3 is 12.3 Å². The van der Waals surface area contributed by atoms with Crippen molar-refractivity contribution in [1.29, 1.82) is 0 Å². The van der Waals surface area contributed by atoms with E-state index >= 15 is 0 Å². The molecule has 0 saturated carbocycles. The zero-order valence-corrected chi connectivity index (χ0v) is 15.8. The Morgan fingerprint density at radius 3 is 2.69 bits per heavy atom. The summed E-state index contributed by atoms with van der Waals surface area (Å²) in [6.45, 7) is 4.07. The fraction of sp³-hybridized carbons (Fsp3) is 0.0952. The number of para-hydroxylation sites is 1. The number of rotatable bonds is 5. The second kappa shape index (κ2) is 8.55. The molecule has 0 aliphatic heterocycles. The maximum absolute atomic E-state index is 12.6. The Bertz CT molecular complexity index is 999. The number of nitrogens with two attached hydrogens (primary N) is 1. The molecule has 1 aromatic carbocycles. The first-order chi connectivity index (χ1) is 13.7. The van der Waals surface area contributed by atoms with Crippen LogP contribution in [0.15, 0.2) is 77.9 Å². The lowest BCUT2D eigenvalue weighted by molar-refractivity contribution is -0.549. The van der Waals surface area contributed by atoms with Crippen molar-refractivity contribution >= 4 is 17.5 Å². The first-order valence-electron chi connectivity index (χ1n) is 8.53. The van der Waals surface area contributed by atoms with Crippen molar-refractivity contribution < 1.29 is 28.0 Å². The molecule has 0 bridgehead atoms. The number of allylic oxidation sites excluding steroid dienone is 3. The van der Waals surface area contributed by atoms with Crippen molar-refractivity contribution in [3.63, 3.8) is 0 Å². The number of hydrogen-bond acceptors (Lipinski definition) is 3. The molecule has 4 nitrogen and oxygen atoms in total. The predicted molar refractivity (Wildman–Crippen MR) is 103 cm³/mol. The van der Waals surface area contributed by atoms with E-state index in [0.717, 1.165) is 11.5 Å². The van der Waals surface area contributed by atoms with Crippen LogP contribution in [0, 0.1) is 5.92 Å². The van der Waals surface area contributed by atoms with E-state index in [1.165, 1.54) is 35.6 Å². The van der Waals surface area contributed by atoms with Crippen LogP contribution in [0.25, 0.3) is 11.3 Å². The van der Waals surface area contributed by atoms with E-state index in [0.29, 0.717) is 5.03 Å². The molecule has 0 spiro atoms. The first-order valence-corrected chi connectivity index (χ1v) is 8.91. The fourth-order valence-electron chi connectivity index (χ4n) is 2.68. The summed E-state index contributed by atoms with van der Waals surface area (Å²) in [7, 11) is 0. The van der Waals surface area contributed by atoms with E-state index in [-0.39, 0.29) is 35.2 Å². The molecule has 0 fully saturated rings. The van der Waals surface area contributed by atoms with Crippen molar-refractivity contribution in [2.24, 2.45) is 0 Å². The van der Waals surface area contributed by atoms with Crippen LogP contribution in [0.2, 0.25) is 0 Å². The largest absolute Gasteiger partial charge is 0.573 e. The number of amides is 1. The highest BCUT2D eigenvalue weighted by Crippen LogP contribution is 2.32. The highest BCUT2D eigenvalue weighted by molar-refractivity contribution is 6.32. The molecule has 8 heteroatoms. The number of ether oxygens (including phenoxy) is 1. The Kier molecular flexibility index (Phi) is 6.10. The molecule has 2 N–H and O–H groups in total. The van der Waals surface area contributed by atoms with Crippen molar-refractivity contribution in [3.05, 3.63) is 89.5 Å². The van der Waals surface area contributed by atoms with Gasteiger partial charge in [-0.2, -0.15) is 0 Å². The van der Waals surface area contributed by atoms with Crippen molar-refractivity contribution in [1.82, 2.24) is 4.98 Å². The van der Waals surface area contributed by atoms with Gasteiger partial charge in [0.05, 0.1) is 23.4 Å². The average molecular weight is 421 g/mol. The van der Waals surface area contributed by atoms with Gasteiger partial charge in [0, 0.05) is 11.6 Å². The molecule has 29 heavy (non-hydrogen) atoms. The number of hydrogen-bond donors (Lipinski definition) is 1. The van der Waals surface area contributed by atoms with Gasteiger partial charge in [-0.15, -0.1) is 13.2 Å². The van der Waals surface area contributed by atoms with Crippen LogP contribution in [-0.2, 0) is 0 Å². The first kappa shape index (κ1) is 20.7.